The number of rotatable bonds is 3. The number of nitrogens with one attached hydrogen (secondary N) is 1. The Kier molecular flexibility index (Phi) is 5.80. The molecule has 0 aliphatic rings. The molecular formula is C8H13ClN2. The highest BCUT2D eigenvalue weighted by atomic mass is 35.5. The number of hydrogen-bond donors (Lipinski definition) is 1. The van der Waals surface area contributed by atoms with Crippen molar-refractivity contribution in [3.8, 4) is 0 Å². The van der Waals surface area contributed by atoms with Crippen molar-refractivity contribution in [2.24, 2.45) is 0 Å². The summed E-state index contributed by atoms with van der Waals surface area (Å²) in [4.78, 5) is 3.93. The predicted molar refractivity (Wildman–Crippen MR) is 48.9 cm³/mol. The summed E-state index contributed by atoms with van der Waals surface area (Å²) in [5, 5.41) is 3.24. The second-order valence-corrected chi connectivity index (χ2v) is 2.14. The molecule has 62 valence electrons. The minimum atomic E-state index is 0. The lowest BCUT2D eigenvalue weighted by atomic mass is 10.3. The van der Waals surface area contributed by atoms with Crippen molar-refractivity contribution in [2.75, 3.05) is 6.54 Å². The zero-order valence-electron chi connectivity index (χ0n) is 6.58. The van der Waals surface area contributed by atoms with E-state index >= 15 is 0 Å². The molecule has 2 nitrogen and oxygen atoms in total. The minimum Gasteiger partial charge on any atom is -0.313 e. The van der Waals surface area contributed by atoms with Crippen LogP contribution in [0.25, 0.3) is 0 Å². The molecule has 0 saturated heterocycles. The predicted octanol–water partition coefficient (Wildman–Crippen LogP) is 1.61. The fourth-order valence-electron chi connectivity index (χ4n) is 0.770. The van der Waals surface area contributed by atoms with Gasteiger partial charge in [0.05, 0.1) is 0 Å². The molecular weight excluding hydrogens is 160 g/mol. The molecule has 0 unspecified atom stereocenters. The van der Waals surface area contributed by atoms with Gasteiger partial charge in [0.1, 0.15) is 0 Å². The summed E-state index contributed by atoms with van der Waals surface area (Å²) >= 11 is 0. The Morgan fingerprint density at radius 3 is 2.55 bits per heavy atom. The number of halogens is 1. The van der Waals surface area contributed by atoms with Crippen LogP contribution < -0.4 is 5.32 Å². The Bertz CT molecular complexity index is 177. The van der Waals surface area contributed by atoms with E-state index in [4.69, 9.17) is 0 Å². The highest BCUT2D eigenvalue weighted by molar-refractivity contribution is 5.85. The van der Waals surface area contributed by atoms with Gasteiger partial charge in [-0.25, -0.2) is 0 Å². The molecule has 1 aromatic heterocycles. The highest BCUT2D eigenvalue weighted by Crippen LogP contribution is 1.93. The van der Waals surface area contributed by atoms with Crippen LogP contribution in [0.15, 0.2) is 24.5 Å². The van der Waals surface area contributed by atoms with Crippen molar-refractivity contribution in [3.63, 3.8) is 0 Å². The molecule has 1 rings (SSSR count). The summed E-state index contributed by atoms with van der Waals surface area (Å²) in [6.45, 7) is 4.06. The Morgan fingerprint density at radius 2 is 2.00 bits per heavy atom. The van der Waals surface area contributed by atoms with E-state index in [2.05, 4.69) is 17.2 Å². The van der Waals surface area contributed by atoms with Gasteiger partial charge in [-0.3, -0.25) is 4.98 Å². The maximum absolute atomic E-state index is 3.93. The molecule has 1 aromatic rings. The van der Waals surface area contributed by atoms with Gasteiger partial charge in [-0.05, 0) is 24.2 Å². The standard InChI is InChI=1S/C8H12N2.ClH/c1-2-9-7-8-3-5-10-6-4-8;/h3-6,9H,2,7H2,1H3;1H. The van der Waals surface area contributed by atoms with Crippen LogP contribution in [0.3, 0.4) is 0 Å². The van der Waals surface area contributed by atoms with Crippen molar-refractivity contribution in [3.05, 3.63) is 30.1 Å². The highest BCUT2D eigenvalue weighted by Gasteiger charge is 1.86. The van der Waals surface area contributed by atoms with Crippen molar-refractivity contribution in [1.82, 2.24) is 10.3 Å². The molecule has 0 fully saturated rings. The molecule has 1 N–H and O–H groups in total. The first kappa shape index (κ1) is 10.4. The molecule has 0 bridgehead atoms. The zero-order chi connectivity index (χ0) is 7.23. The van der Waals surface area contributed by atoms with Gasteiger partial charge in [-0.15, -0.1) is 12.4 Å². The van der Waals surface area contributed by atoms with Gasteiger partial charge in [0, 0.05) is 18.9 Å². The fraction of sp³-hybridized carbons (Fsp3) is 0.375. The van der Waals surface area contributed by atoms with Crippen LogP contribution in [0.2, 0.25) is 0 Å². The molecule has 0 amide bonds. The van der Waals surface area contributed by atoms with E-state index in [1.54, 1.807) is 0 Å². The van der Waals surface area contributed by atoms with Crippen LogP contribution in [0, 0.1) is 0 Å². The lowest BCUT2D eigenvalue weighted by molar-refractivity contribution is 0.726. The van der Waals surface area contributed by atoms with Gasteiger partial charge in [-0.2, -0.15) is 0 Å². The second kappa shape index (κ2) is 6.13. The monoisotopic (exact) mass is 172 g/mol. The molecule has 1 heterocycles. The SMILES string of the molecule is CCNCc1ccncc1.Cl. The molecule has 0 atom stereocenters. The van der Waals surface area contributed by atoms with Crippen LogP contribution in [0.5, 0.6) is 0 Å². The molecule has 0 aliphatic carbocycles. The van der Waals surface area contributed by atoms with Gasteiger partial charge in [0.25, 0.3) is 0 Å². The van der Waals surface area contributed by atoms with Gasteiger partial charge >= 0.3 is 0 Å². The van der Waals surface area contributed by atoms with E-state index in [9.17, 15) is 0 Å². The van der Waals surface area contributed by atoms with Gasteiger partial charge in [0.15, 0.2) is 0 Å². The maximum Gasteiger partial charge on any atom is 0.0271 e. The molecule has 11 heavy (non-hydrogen) atoms. The Labute approximate surface area is 73.4 Å². The molecule has 0 aromatic carbocycles. The lowest BCUT2D eigenvalue weighted by Gasteiger charge is -1.98. The van der Waals surface area contributed by atoms with Crippen LogP contribution in [-0.2, 0) is 6.54 Å². The zero-order valence-corrected chi connectivity index (χ0v) is 7.40. The number of hydrogen-bond acceptors (Lipinski definition) is 2. The minimum absolute atomic E-state index is 0. The Morgan fingerprint density at radius 1 is 1.36 bits per heavy atom. The average Bonchev–Trinajstić information content (AvgIpc) is 2.03. The van der Waals surface area contributed by atoms with E-state index in [1.165, 1.54) is 5.56 Å². The average molecular weight is 173 g/mol. The third kappa shape index (κ3) is 3.96. The Balaban J connectivity index is 0.000001000. The summed E-state index contributed by atoms with van der Waals surface area (Å²) in [6, 6.07) is 4.03. The Hall–Kier alpha value is -0.600. The van der Waals surface area contributed by atoms with E-state index < -0.39 is 0 Å². The summed E-state index contributed by atoms with van der Waals surface area (Å²) in [5.74, 6) is 0. The molecule has 0 radical (unpaired) electrons. The van der Waals surface area contributed by atoms with Crippen molar-refractivity contribution in [1.29, 1.82) is 0 Å². The third-order valence-corrected chi connectivity index (χ3v) is 1.33. The van der Waals surface area contributed by atoms with Gasteiger partial charge in [0.2, 0.25) is 0 Å². The first-order valence-corrected chi connectivity index (χ1v) is 3.53. The molecule has 3 heteroatoms. The fourth-order valence-corrected chi connectivity index (χ4v) is 0.770. The molecule has 0 saturated carbocycles. The second-order valence-electron chi connectivity index (χ2n) is 2.14. The quantitative estimate of drug-likeness (QED) is 0.750. The van der Waals surface area contributed by atoms with E-state index in [0.29, 0.717) is 0 Å². The van der Waals surface area contributed by atoms with Gasteiger partial charge in [-0.1, -0.05) is 6.92 Å². The number of pyridine rings is 1. The van der Waals surface area contributed by atoms with Crippen LogP contribution in [0.4, 0.5) is 0 Å². The largest absolute Gasteiger partial charge is 0.313 e. The summed E-state index contributed by atoms with van der Waals surface area (Å²) < 4.78 is 0. The van der Waals surface area contributed by atoms with Crippen molar-refractivity contribution >= 4 is 12.4 Å². The van der Waals surface area contributed by atoms with E-state index in [-0.39, 0.29) is 12.4 Å². The van der Waals surface area contributed by atoms with E-state index in [1.807, 2.05) is 24.5 Å². The normalized spacial score (nSPS) is 8.82. The lowest BCUT2D eigenvalue weighted by Crippen LogP contribution is -2.11. The molecule has 0 spiro atoms. The number of nitrogens with zero attached hydrogens (tertiary/aromatic N) is 1. The van der Waals surface area contributed by atoms with Crippen molar-refractivity contribution < 1.29 is 0 Å². The molecule has 0 aliphatic heterocycles. The summed E-state index contributed by atoms with van der Waals surface area (Å²) in [7, 11) is 0. The smallest absolute Gasteiger partial charge is 0.0271 e. The number of aromatic nitrogens is 1. The van der Waals surface area contributed by atoms with E-state index in [0.717, 1.165) is 13.1 Å². The van der Waals surface area contributed by atoms with Crippen LogP contribution >= 0.6 is 12.4 Å². The summed E-state index contributed by atoms with van der Waals surface area (Å²) in [5.41, 5.74) is 1.29. The topological polar surface area (TPSA) is 24.9 Å². The summed E-state index contributed by atoms with van der Waals surface area (Å²) in [6.07, 6.45) is 3.62. The third-order valence-electron chi connectivity index (χ3n) is 1.33. The van der Waals surface area contributed by atoms with Gasteiger partial charge < -0.3 is 5.32 Å². The first-order valence-electron chi connectivity index (χ1n) is 3.53. The first-order chi connectivity index (χ1) is 4.93. The van der Waals surface area contributed by atoms with Crippen LogP contribution in [-0.4, -0.2) is 11.5 Å². The maximum atomic E-state index is 3.93. The van der Waals surface area contributed by atoms with Crippen molar-refractivity contribution in [2.45, 2.75) is 13.5 Å². The van der Waals surface area contributed by atoms with Crippen LogP contribution in [0.1, 0.15) is 12.5 Å².